The lowest BCUT2D eigenvalue weighted by atomic mass is 9.88. The fraction of sp³-hybridized carbons (Fsp3) is 0.846. The van der Waals surface area contributed by atoms with Crippen molar-refractivity contribution in [3.05, 3.63) is 10.5 Å². The van der Waals surface area contributed by atoms with E-state index in [4.69, 9.17) is 0 Å². The Morgan fingerprint density at radius 2 is 2.11 bits per heavy atom. The van der Waals surface area contributed by atoms with Crippen LogP contribution in [-0.2, 0) is 6.54 Å². The van der Waals surface area contributed by atoms with Gasteiger partial charge in [0.2, 0.25) is 0 Å². The molecule has 0 bridgehead atoms. The predicted molar refractivity (Wildman–Crippen MR) is 80.8 cm³/mol. The van der Waals surface area contributed by atoms with Crippen molar-refractivity contribution in [1.82, 2.24) is 20.1 Å². The van der Waals surface area contributed by atoms with Crippen LogP contribution in [0.15, 0.2) is 9.95 Å². The van der Waals surface area contributed by atoms with E-state index in [9.17, 15) is 4.79 Å². The normalized spacial score (nSPS) is 13.7. The summed E-state index contributed by atoms with van der Waals surface area (Å²) in [6, 6.07) is 0.393. The topological polar surface area (TPSA) is 62.7 Å². The smallest absolute Gasteiger partial charge is 0.313 e. The third-order valence-electron chi connectivity index (χ3n) is 3.05. The van der Waals surface area contributed by atoms with Gasteiger partial charge in [0.05, 0.1) is 0 Å². The number of hydrogen-bond donors (Lipinski definition) is 2. The summed E-state index contributed by atoms with van der Waals surface area (Å²) in [6.45, 7) is 12.5. The molecule has 0 fully saturated rings. The predicted octanol–water partition coefficient (Wildman–Crippen LogP) is 2.10. The summed E-state index contributed by atoms with van der Waals surface area (Å²) in [4.78, 5) is 11.6. The molecule has 0 spiro atoms. The van der Waals surface area contributed by atoms with Gasteiger partial charge >= 0.3 is 5.69 Å². The Labute approximate surface area is 119 Å². The van der Waals surface area contributed by atoms with Gasteiger partial charge in [0.1, 0.15) is 0 Å². The highest BCUT2D eigenvalue weighted by Crippen LogP contribution is 2.25. The molecular formula is C13H26N4OS. The molecule has 1 aromatic heterocycles. The molecule has 0 amide bonds. The third-order valence-corrected chi connectivity index (χ3v) is 4.12. The Morgan fingerprint density at radius 3 is 2.63 bits per heavy atom. The number of H-pyrrole nitrogens is 1. The highest BCUT2D eigenvalue weighted by atomic mass is 32.2. The van der Waals surface area contributed by atoms with Crippen LogP contribution in [0.3, 0.4) is 0 Å². The number of hydrogen-bond acceptors (Lipinski definition) is 4. The fourth-order valence-corrected chi connectivity index (χ4v) is 3.23. The van der Waals surface area contributed by atoms with Crippen LogP contribution in [0.5, 0.6) is 0 Å². The lowest BCUT2D eigenvalue weighted by molar-refractivity contribution is 0.295. The summed E-state index contributed by atoms with van der Waals surface area (Å²) in [5.74, 6) is 0.908. The zero-order chi connectivity index (χ0) is 14.5. The first kappa shape index (κ1) is 16.3. The lowest BCUT2D eigenvalue weighted by Gasteiger charge is -2.31. The fourth-order valence-electron chi connectivity index (χ4n) is 1.85. The van der Waals surface area contributed by atoms with Crippen LogP contribution in [0.1, 0.15) is 41.0 Å². The summed E-state index contributed by atoms with van der Waals surface area (Å²) < 4.78 is 1.72. The number of nitrogens with one attached hydrogen (secondary N) is 2. The van der Waals surface area contributed by atoms with E-state index in [-0.39, 0.29) is 11.1 Å². The van der Waals surface area contributed by atoms with Gasteiger partial charge in [0, 0.05) is 18.3 Å². The van der Waals surface area contributed by atoms with Crippen LogP contribution in [0.25, 0.3) is 0 Å². The Kier molecular flexibility index (Phi) is 6.13. The second kappa shape index (κ2) is 7.14. The van der Waals surface area contributed by atoms with Gasteiger partial charge in [-0.15, -0.1) is 5.10 Å². The number of aromatic amines is 1. The quantitative estimate of drug-likeness (QED) is 0.754. The van der Waals surface area contributed by atoms with Gasteiger partial charge in [-0.2, -0.15) is 0 Å². The molecule has 5 nitrogen and oxygen atoms in total. The minimum Gasteiger partial charge on any atom is -0.313 e. The van der Waals surface area contributed by atoms with E-state index in [2.05, 4.69) is 50.1 Å². The Balaban J connectivity index is 2.71. The summed E-state index contributed by atoms with van der Waals surface area (Å²) in [5, 5.41) is 10.9. The first-order valence-corrected chi connectivity index (χ1v) is 7.90. The maximum Gasteiger partial charge on any atom is 0.343 e. The first-order valence-electron chi connectivity index (χ1n) is 6.91. The Morgan fingerprint density at radius 1 is 1.42 bits per heavy atom. The maximum absolute atomic E-state index is 11.6. The number of thioether (sulfide) groups is 1. The molecule has 0 aliphatic carbocycles. The van der Waals surface area contributed by atoms with E-state index in [0.29, 0.717) is 6.04 Å². The van der Waals surface area contributed by atoms with E-state index in [1.54, 1.807) is 16.3 Å². The van der Waals surface area contributed by atoms with Crippen LogP contribution >= 0.6 is 11.8 Å². The Hall–Kier alpha value is -0.750. The molecule has 0 saturated carbocycles. The number of rotatable bonds is 7. The summed E-state index contributed by atoms with van der Waals surface area (Å²) in [6.07, 6.45) is 0.933. The van der Waals surface area contributed by atoms with E-state index < -0.39 is 0 Å². The molecule has 1 unspecified atom stereocenters. The number of aromatic nitrogens is 3. The van der Waals surface area contributed by atoms with Gasteiger partial charge in [-0.1, -0.05) is 46.4 Å². The summed E-state index contributed by atoms with van der Waals surface area (Å²) >= 11 is 1.64. The van der Waals surface area contributed by atoms with Gasteiger partial charge in [-0.25, -0.2) is 9.89 Å². The average Bonchev–Trinajstić information content (AvgIpc) is 2.66. The van der Waals surface area contributed by atoms with E-state index in [0.717, 1.165) is 30.4 Å². The zero-order valence-corrected chi connectivity index (χ0v) is 13.4. The van der Waals surface area contributed by atoms with Crippen molar-refractivity contribution in [2.24, 2.45) is 5.41 Å². The van der Waals surface area contributed by atoms with Gasteiger partial charge in [0.25, 0.3) is 0 Å². The first-order chi connectivity index (χ1) is 8.90. The highest BCUT2D eigenvalue weighted by Gasteiger charge is 2.24. The molecule has 0 aliphatic rings. The standard InChI is InChI=1S/C13H26N4OS/c1-6-8-17-11(18)15-16-12(17)19-9-10(14-7-2)13(3,4)5/h10,14H,6-9H2,1-5H3,(H,15,18). The van der Waals surface area contributed by atoms with E-state index in [1.165, 1.54) is 0 Å². The van der Waals surface area contributed by atoms with Gasteiger partial charge in [-0.05, 0) is 18.4 Å². The molecule has 1 atom stereocenters. The largest absolute Gasteiger partial charge is 0.343 e. The second-order valence-electron chi connectivity index (χ2n) is 5.75. The summed E-state index contributed by atoms with van der Waals surface area (Å²) in [7, 11) is 0. The van der Waals surface area contributed by atoms with E-state index in [1.807, 2.05) is 0 Å². The van der Waals surface area contributed by atoms with Crippen molar-refractivity contribution in [2.45, 2.75) is 58.8 Å². The van der Waals surface area contributed by atoms with Crippen LogP contribution in [0.2, 0.25) is 0 Å². The maximum atomic E-state index is 11.6. The molecule has 1 rings (SSSR count). The molecule has 0 radical (unpaired) electrons. The summed E-state index contributed by atoms with van der Waals surface area (Å²) in [5.41, 5.74) is 0.0787. The van der Waals surface area contributed by atoms with Crippen molar-refractivity contribution in [3.8, 4) is 0 Å². The molecule has 1 heterocycles. The van der Waals surface area contributed by atoms with Crippen LogP contribution in [0, 0.1) is 5.41 Å². The van der Waals surface area contributed by atoms with Gasteiger partial charge in [0.15, 0.2) is 5.16 Å². The zero-order valence-electron chi connectivity index (χ0n) is 12.6. The molecule has 1 aromatic rings. The van der Waals surface area contributed by atoms with Crippen molar-refractivity contribution in [1.29, 1.82) is 0 Å². The van der Waals surface area contributed by atoms with Crippen molar-refractivity contribution < 1.29 is 0 Å². The van der Waals surface area contributed by atoms with Crippen LogP contribution in [0.4, 0.5) is 0 Å². The molecular weight excluding hydrogens is 260 g/mol. The minimum absolute atomic E-state index is 0.111. The van der Waals surface area contributed by atoms with E-state index >= 15 is 0 Å². The van der Waals surface area contributed by atoms with Crippen LogP contribution in [-0.4, -0.2) is 33.1 Å². The van der Waals surface area contributed by atoms with Crippen molar-refractivity contribution in [2.75, 3.05) is 12.3 Å². The van der Waals surface area contributed by atoms with Crippen LogP contribution < -0.4 is 11.0 Å². The number of nitrogens with zero attached hydrogens (tertiary/aromatic N) is 2. The van der Waals surface area contributed by atoms with Gasteiger partial charge < -0.3 is 5.32 Å². The molecule has 2 N–H and O–H groups in total. The van der Waals surface area contributed by atoms with Crippen molar-refractivity contribution >= 4 is 11.8 Å². The van der Waals surface area contributed by atoms with Gasteiger partial charge in [-0.3, -0.25) is 4.57 Å². The molecule has 0 saturated heterocycles. The SMILES string of the molecule is CCCn1c(SCC(NCC)C(C)(C)C)n[nH]c1=O. The molecule has 19 heavy (non-hydrogen) atoms. The van der Waals surface area contributed by atoms with Crippen molar-refractivity contribution in [3.63, 3.8) is 0 Å². The monoisotopic (exact) mass is 286 g/mol. The lowest BCUT2D eigenvalue weighted by Crippen LogP contribution is -2.42. The Bertz CT molecular complexity index is 433. The molecule has 0 aromatic carbocycles. The molecule has 110 valence electrons. The molecule has 6 heteroatoms. The highest BCUT2D eigenvalue weighted by molar-refractivity contribution is 7.99. The molecule has 0 aliphatic heterocycles. The third kappa shape index (κ3) is 4.69. The minimum atomic E-state index is -0.111. The average molecular weight is 286 g/mol. The second-order valence-corrected chi connectivity index (χ2v) is 6.74.